The predicted octanol–water partition coefficient (Wildman–Crippen LogP) is 3.61. The number of nitriles is 1. The maximum Gasteiger partial charge on any atom is 0.147 e. The molecule has 1 N–H and O–H groups in total. The standard InChI is InChI=1S/C22H22N4O/c1-15-7-8-20(24-14-15)22(27)9-11-26(12-10-22)21-18(13-23)16(2)17-5-3-4-6-19(17)25-21/h3-8,14,27H,9-12H2,1-2H3. The summed E-state index contributed by atoms with van der Waals surface area (Å²) < 4.78 is 0. The van der Waals surface area contributed by atoms with Crippen LogP contribution in [0.15, 0.2) is 42.6 Å². The number of aliphatic hydroxyl groups is 1. The number of para-hydroxylation sites is 1. The van der Waals surface area contributed by atoms with Gasteiger partial charge in [0.1, 0.15) is 17.5 Å². The topological polar surface area (TPSA) is 73.0 Å². The van der Waals surface area contributed by atoms with E-state index in [1.165, 1.54) is 0 Å². The molecule has 0 radical (unpaired) electrons. The van der Waals surface area contributed by atoms with Crippen LogP contribution in [-0.4, -0.2) is 28.2 Å². The first-order chi connectivity index (χ1) is 13.0. The summed E-state index contributed by atoms with van der Waals surface area (Å²) in [6.45, 7) is 5.22. The highest BCUT2D eigenvalue weighted by Gasteiger charge is 2.36. The van der Waals surface area contributed by atoms with Crippen molar-refractivity contribution in [3.05, 3.63) is 65.0 Å². The molecule has 0 unspecified atom stereocenters. The first-order valence-electron chi connectivity index (χ1n) is 9.22. The summed E-state index contributed by atoms with van der Waals surface area (Å²) in [6, 6.07) is 14.1. The monoisotopic (exact) mass is 358 g/mol. The predicted molar refractivity (Wildman–Crippen MR) is 106 cm³/mol. The molecule has 1 aliphatic rings. The molecule has 1 aliphatic heterocycles. The first kappa shape index (κ1) is 17.4. The van der Waals surface area contributed by atoms with Crippen LogP contribution in [0.3, 0.4) is 0 Å². The largest absolute Gasteiger partial charge is 0.383 e. The molecule has 4 rings (SSSR count). The summed E-state index contributed by atoms with van der Waals surface area (Å²) in [5.74, 6) is 0.715. The Morgan fingerprint density at radius 3 is 2.52 bits per heavy atom. The minimum Gasteiger partial charge on any atom is -0.383 e. The van der Waals surface area contributed by atoms with Crippen molar-refractivity contribution in [3.63, 3.8) is 0 Å². The fourth-order valence-electron chi connectivity index (χ4n) is 3.81. The van der Waals surface area contributed by atoms with E-state index < -0.39 is 5.60 Å². The SMILES string of the molecule is Cc1ccc(C2(O)CCN(c3nc4ccccc4c(C)c3C#N)CC2)nc1. The Labute approximate surface area is 158 Å². The summed E-state index contributed by atoms with van der Waals surface area (Å²) in [7, 11) is 0. The van der Waals surface area contributed by atoms with Crippen LogP contribution in [0, 0.1) is 25.2 Å². The van der Waals surface area contributed by atoms with E-state index in [0.29, 0.717) is 37.3 Å². The number of anilines is 1. The zero-order valence-corrected chi connectivity index (χ0v) is 15.6. The molecule has 1 aromatic carbocycles. The molecule has 1 saturated heterocycles. The molecule has 0 saturated carbocycles. The van der Waals surface area contributed by atoms with Crippen molar-refractivity contribution in [2.24, 2.45) is 0 Å². The van der Waals surface area contributed by atoms with E-state index in [1.807, 2.05) is 50.2 Å². The minimum atomic E-state index is -0.928. The molecule has 5 heteroatoms. The van der Waals surface area contributed by atoms with Crippen molar-refractivity contribution >= 4 is 16.7 Å². The molecular formula is C22H22N4O. The van der Waals surface area contributed by atoms with E-state index >= 15 is 0 Å². The normalized spacial score (nSPS) is 16.3. The number of hydrogen-bond acceptors (Lipinski definition) is 5. The summed E-state index contributed by atoms with van der Waals surface area (Å²) >= 11 is 0. The van der Waals surface area contributed by atoms with Crippen LogP contribution in [0.2, 0.25) is 0 Å². The summed E-state index contributed by atoms with van der Waals surface area (Å²) in [6.07, 6.45) is 2.91. The first-order valence-corrected chi connectivity index (χ1v) is 9.22. The van der Waals surface area contributed by atoms with Gasteiger partial charge in [-0.2, -0.15) is 5.26 Å². The molecule has 0 spiro atoms. The molecule has 5 nitrogen and oxygen atoms in total. The van der Waals surface area contributed by atoms with Crippen molar-refractivity contribution in [2.75, 3.05) is 18.0 Å². The van der Waals surface area contributed by atoms with Gasteiger partial charge in [0.25, 0.3) is 0 Å². The molecule has 3 aromatic rings. The fraction of sp³-hybridized carbons (Fsp3) is 0.318. The molecule has 1 fully saturated rings. The van der Waals surface area contributed by atoms with Gasteiger partial charge in [-0.15, -0.1) is 0 Å². The van der Waals surface area contributed by atoms with Crippen LogP contribution in [0.25, 0.3) is 10.9 Å². The Hall–Kier alpha value is -2.97. The van der Waals surface area contributed by atoms with Gasteiger partial charge < -0.3 is 10.0 Å². The zero-order valence-electron chi connectivity index (χ0n) is 15.6. The van der Waals surface area contributed by atoms with E-state index in [9.17, 15) is 10.4 Å². The summed E-state index contributed by atoms with van der Waals surface area (Å²) in [5, 5.41) is 21.8. The molecule has 136 valence electrons. The van der Waals surface area contributed by atoms with Crippen molar-refractivity contribution < 1.29 is 5.11 Å². The van der Waals surface area contributed by atoms with E-state index in [-0.39, 0.29) is 0 Å². The van der Waals surface area contributed by atoms with Gasteiger partial charge in [-0.3, -0.25) is 4.98 Å². The number of aryl methyl sites for hydroxylation is 2. The van der Waals surface area contributed by atoms with Crippen LogP contribution >= 0.6 is 0 Å². The molecule has 0 aliphatic carbocycles. The zero-order chi connectivity index (χ0) is 19.0. The number of rotatable bonds is 2. The van der Waals surface area contributed by atoms with Gasteiger partial charge >= 0.3 is 0 Å². The van der Waals surface area contributed by atoms with Crippen LogP contribution in [0.1, 0.15) is 35.2 Å². The lowest BCUT2D eigenvalue weighted by atomic mass is 9.87. The maximum atomic E-state index is 11.1. The van der Waals surface area contributed by atoms with E-state index in [2.05, 4.69) is 16.0 Å². The van der Waals surface area contributed by atoms with E-state index in [4.69, 9.17) is 4.98 Å². The lowest BCUT2D eigenvalue weighted by Crippen LogP contribution is -2.43. The average molecular weight is 358 g/mol. The van der Waals surface area contributed by atoms with Crippen molar-refractivity contribution in [3.8, 4) is 6.07 Å². The lowest BCUT2D eigenvalue weighted by Gasteiger charge is -2.38. The van der Waals surface area contributed by atoms with Crippen molar-refractivity contribution in [1.29, 1.82) is 5.26 Å². The molecule has 0 bridgehead atoms. The van der Waals surface area contributed by atoms with Crippen LogP contribution < -0.4 is 4.90 Å². The van der Waals surface area contributed by atoms with Gasteiger partial charge in [0.2, 0.25) is 0 Å². The third-order valence-corrected chi connectivity index (χ3v) is 5.52. The molecule has 0 atom stereocenters. The van der Waals surface area contributed by atoms with Gasteiger partial charge in [-0.25, -0.2) is 4.98 Å². The number of aromatic nitrogens is 2. The van der Waals surface area contributed by atoms with Crippen molar-refractivity contribution in [1.82, 2.24) is 9.97 Å². The van der Waals surface area contributed by atoms with Gasteiger partial charge in [0.05, 0.1) is 16.8 Å². The molecular weight excluding hydrogens is 336 g/mol. The van der Waals surface area contributed by atoms with Crippen molar-refractivity contribution in [2.45, 2.75) is 32.3 Å². The van der Waals surface area contributed by atoms with Gasteiger partial charge in [0, 0.05) is 24.7 Å². The molecule has 2 aromatic heterocycles. The Morgan fingerprint density at radius 2 is 1.85 bits per heavy atom. The number of piperidine rings is 1. The average Bonchev–Trinajstić information content (AvgIpc) is 2.69. The number of hydrogen-bond donors (Lipinski definition) is 1. The second kappa shape index (κ2) is 6.64. The minimum absolute atomic E-state index is 0.557. The number of pyridine rings is 2. The van der Waals surface area contributed by atoms with Crippen LogP contribution in [-0.2, 0) is 5.60 Å². The second-order valence-corrected chi connectivity index (χ2v) is 7.30. The third kappa shape index (κ3) is 3.02. The Bertz CT molecular complexity index is 1030. The Kier molecular flexibility index (Phi) is 4.29. The molecule has 0 amide bonds. The number of benzene rings is 1. The highest BCUT2D eigenvalue weighted by atomic mass is 16.3. The Morgan fingerprint density at radius 1 is 1.11 bits per heavy atom. The Balaban J connectivity index is 1.65. The number of fused-ring (bicyclic) bond motifs is 1. The smallest absolute Gasteiger partial charge is 0.147 e. The molecule has 3 heterocycles. The summed E-state index contributed by atoms with van der Waals surface area (Å²) in [4.78, 5) is 11.3. The fourth-order valence-corrected chi connectivity index (χ4v) is 3.81. The van der Waals surface area contributed by atoms with Crippen LogP contribution in [0.5, 0.6) is 0 Å². The summed E-state index contributed by atoms with van der Waals surface area (Å²) in [5.41, 5.74) is 3.34. The third-order valence-electron chi connectivity index (χ3n) is 5.52. The van der Waals surface area contributed by atoms with Gasteiger partial charge in [-0.05, 0) is 49.9 Å². The van der Waals surface area contributed by atoms with Crippen LogP contribution in [0.4, 0.5) is 5.82 Å². The lowest BCUT2D eigenvalue weighted by molar-refractivity contribution is 0.00748. The van der Waals surface area contributed by atoms with E-state index in [0.717, 1.165) is 27.7 Å². The quantitative estimate of drug-likeness (QED) is 0.758. The van der Waals surface area contributed by atoms with E-state index in [1.54, 1.807) is 6.20 Å². The van der Waals surface area contributed by atoms with Gasteiger partial charge in [0.15, 0.2) is 0 Å². The second-order valence-electron chi connectivity index (χ2n) is 7.30. The van der Waals surface area contributed by atoms with Gasteiger partial charge in [-0.1, -0.05) is 24.3 Å². The highest BCUT2D eigenvalue weighted by Crippen LogP contribution is 2.35. The number of nitrogens with zero attached hydrogens (tertiary/aromatic N) is 4. The molecule has 27 heavy (non-hydrogen) atoms. The highest BCUT2D eigenvalue weighted by molar-refractivity contribution is 5.87. The maximum absolute atomic E-state index is 11.1.